The third-order valence-corrected chi connectivity index (χ3v) is 2.56. The zero-order valence-electron chi connectivity index (χ0n) is 9.79. The standard InChI is InChI=1S/C14H12O2.2ClH/c1-10-9-12(14(15)16)7-8-13(10)11-5-3-2-4-6-11;;/h2-9H,1H3,(H,15,16);2*1H. The van der Waals surface area contributed by atoms with Gasteiger partial charge in [0.15, 0.2) is 0 Å². The van der Waals surface area contributed by atoms with Crippen LogP contribution >= 0.6 is 24.8 Å². The molecule has 0 heterocycles. The maximum Gasteiger partial charge on any atom is 0.335 e. The molecule has 0 spiro atoms. The maximum absolute atomic E-state index is 10.8. The van der Waals surface area contributed by atoms with Gasteiger partial charge in [-0.3, -0.25) is 0 Å². The van der Waals surface area contributed by atoms with Crippen molar-refractivity contribution in [3.8, 4) is 11.1 Å². The number of benzene rings is 2. The normalized spacial score (nSPS) is 8.94. The van der Waals surface area contributed by atoms with Gasteiger partial charge in [0.05, 0.1) is 5.56 Å². The Labute approximate surface area is 118 Å². The van der Waals surface area contributed by atoms with E-state index < -0.39 is 5.97 Å². The number of carboxylic acids is 1. The van der Waals surface area contributed by atoms with E-state index in [0.29, 0.717) is 5.56 Å². The van der Waals surface area contributed by atoms with E-state index in [9.17, 15) is 4.79 Å². The monoisotopic (exact) mass is 284 g/mol. The third-order valence-electron chi connectivity index (χ3n) is 2.56. The number of aryl methyl sites for hydroxylation is 1. The van der Waals surface area contributed by atoms with Crippen molar-refractivity contribution in [2.75, 3.05) is 0 Å². The first-order chi connectivity index (χ1) is 7.68. The fourth-order valence-corrected chi connectivity index (χ4v) is 1.74. The highest BCUT2D eigenvalue weighted by molar-refractivity contribution is 5.89. The van der Waals surface area contributed by atoms with Crippen molar-refractivity contribution in [3.63, 3.8) is 0 Å². The first-order valence-electron chi connectivity index (χ1n) is 5.08. The van der Waals surface area contributed by atoms with Crippen molar-refractivity contribution >= 4 is 30.8 Å². The second-order valence-corrected chi connectivity index (χ2v) is 3.70. The molecule has 0 atom stereocenters. The fraction of sp³-hybridized carbons (Fsp3) is 0.0714. The molecule has 0 aliphatic heterocycles. The average molecular weight is 285 g/mol. The quantitative estimate of drug-likeness (QED) is 0.897. The van der Waals surface area contributed by atoms with Gasteiger partial charge in [-0.25, -0.2) is 4.79 Å². The summed E-state index contributed by atoms with van der Waals surface area (Å²) in [4.78, 5) is 10.8. The van der Waals surface area contributed by atoms with Crippen LogP contribution in [0.2, 0.25) is 0 Å². The van der Waals surface area contributed by atoms with Crippen molar-refractivity contribution in [2.24, 2.45) is 0 Å². The molecule has 0 amide bonds. The summed E-state index contributed by atoms with van der Waals surface area (Å²) in [6.07, 6.45) is 0. The largest absolute Gasteiger partial charge is 0.478 e. The Morgan fingerprint density at radius 3 is 2.11 bits per heavy atom. The molecule has 0 fully saturated rings. The minimum absolute atomic E-state index is 0. The van der Waals surface area contributed by atoms with Crippen molar-refractivity contribution in [3.05, 3.63) is 59.7 Å². The molecule has 0 aliphatic rings. The maximum atomic E-state index is 10.8. The summed E-state index contributed by atoms with van der Waals surface area (Å²) >= 11 is 0. The number of aromatic carboxylic acids is 1. The van der Waals surface area contributed by atoms with Crippen molar-refractivity contribution in [1.29, 1.82) is 0 Å². The van der Waals surface area contributed by atoms with Crippen molar-refractivity contribution in [2.45, 2.75) is 6.92 Å². The Kier molecular flexibility index (Phi) is 6.45. The second-order valence-electron chi connectivity index (χ2n) is 3.70. The lowest BCUT2D eigenvalue weighted by Gasteiger charge is -2.06. The van der Waals surface area contributed by atoms with Gasteiger partial charge in [-0.05, 0) is 35.7 Å². The van der Waals surface area contributed by atoms with Gasteiger partial charge >= 0.3 is 5.97 Å². The van der Waals surface area contributed by atoms with Crippen molar-refractivity contribution in [1.82, 2.24) is 0 Å². The number of halogens is 2. The molecule has 0 unspecified atom stereocenters. The smallest absolute Gasteiger partial charge is 0.335 e. The highest BCUT2D eigenvalue weighted by Crippen LogP contribution is 2.23. The molecule has 0 saturated carbocycles. The molecule has 0 aromatic heterocycles. The third kappa shape index (κ3) is 3.49. The van der Waals surface area contributed by atoms with Crippen LogP contribution in [0.1, 0.15) is 15.9 Å². The predicted molar refractivity (Wildman–Crippen MR) is 78.1 cm³/mol. The highest BCUT2D eigenvalue weighted by Gasteiger charge is 2.06. The van der Waals surface area contributed by atoms with Crippen LogP contribution in [0.5, 0.6) is 0 Å². The highest BCUT2D eigenvalue weighted by atomic mass is 35.5. The molecule has 96 valence electrons. The van der Waals surface area contributed by atoms with E-state index in [0.717, 1.165) is 16.7 Å². The van der Waals surface area contributed by atoms with Gasteiger partial charge in [0.2, 0.25) is 0 Å². The van der Waals surface area contributed by atoms with E-state index in [1.165, 1.54) is 0 Å². The van der Waals surface area contributed by atoms with Gasteiger partial charge in [0.25, 0.3) is 0 Å². The molecule has 4 heteroatoms. The molecule has 2 aromatic rings. The van der Waals surface area contributed by atoms with E-state index in [4.69, 9.17) is 5.11 Å². The van der Waals surface area contributed by atoms with Gasteiger partial charge in [-0.15, -0.1) is 24.8 Å². The first-order valence-corrected chi connectivity index (χ1v) is 5.08. The molecule has 2 aromatic carbocycles. The van der Waals surface area contributed by atoms with E-state index in [-0.39, 0.29) is 24.8 Å². The van der Waals surface area contributed by atoms with E-state index >= 15 is 0 Å². The topological polar surface area (TPSA) is 37.3 Å². The van der Waals surface area contributed by atoms with Crippen LogP contribution in [0.25, 0.3) is 11.1 Å². The van der Waals surface area contributed by atoms with Gasteiger partial charge in [-0.2, -0.15) is 0 Å². The summed E-state index contributed by atoms with van der Waals surface area (Å²) in [5.74, 6) is -0.886. The molecular weight excluding hydrogens is 271 g/mol. The Bertz CT molecular complexity index is 525. The summed E-state index contributed by atoms with van der Waals surface area (Å²) in [7, 11) is 0. The SMILES string of the molecule is Cc1cc(C(=O)O)ccc1-c1ccccc1.Cl.Cl. The molecular formula is C14H14Cl2O2. The van der Waals surface area contributed by atoms with Crippen LogP contribution < -0.4 is 0 Å². The lowest BCUT2D eigenvalue weighted by molar-refractivity contribution is 0.0697. The number of carboxylic acid groups (broad SMARTS) is 1. The van der Waals surface area contributed by atoms with Crippen LogP contribution in [0.4, 0.5) is 0 Å². The average Bonchev–Trinajstić information content (AvgIpc) is 2.30. The second kappa shape index (κ2) is 7.04. The molecule has 0 radical (unpaired) electrons. The van der Waals surface area contributed by atoms with E-state index in [2.05, 4.69) is 0 Å². The van der Waals surface area contributed by atoms with Crippen LogP contribution in [0.15, 0.2) is 48.5 Å². The summed E-state index contributed by atoms with van der Waals surface area (Å²) in [5, 5.41) is 8.87. The number of rotatable bonds is 2. The van der Waals surface area contributed by atoms with Gasteiger partial charge < -0.3 is 5.11 Å². The number of hydrogen-bond donors (Lipinski definition) is 1. The number of hydrogen-bond acceptors (Lipinski definition) is 1. The Morgan fingerprint density at radius 1 is 1.00 bits per heavy atom. The molecule has 18 heavy (non-hydrogen) atoms. The summed E-state index contributed by atoms with van der Waals surface area (Å²) < 4.78 is 0. The number of carbonyl (C=O) groups is 1. The van der Waals surface area contributed by atoms with Crippen molar-refractivity contribution < 1.29 is 9.90 Å². The van der Waals surface area contributed by atoms with Gasteiger partial charge in [0.1, 0.15) is 0 Å². The van der Waals surface area contributed by atoms with Gasteiger partial charge in [0, 0.05) is 0 Å². The molecule has 0 aliphatic carbocycles. The van der Waals surface area contributed by atoms with Crippen LogP contribution in [0, 0.1) is 6.92 Å². The minimum atomic E-state index is -0.886. The molecule has 0 saturated heterocycles. The van der Waals surface area contributed by atoms with Crippen LogP contribution in [-0.2, 0) is 0 Å². The molecule has 1 N–H and O–H groups in total. The fourth-order valence-electron chi connectivity index (χ4n) is 1.74. The minimum Gasteiger partial charge on any atom is -0.478 e. The Morgan fingerprint density at radius 2 is 1.61 bits per heavy atom. The Balaban J connectivity index is 0.00000144. The first kappa shape index (κ1) is 16.5. The summed E-state index contributed by atoms with van der Waals surface area (Å²) in [5.41, 5.74) is 3.49. The van der Waals surface area contributed by atoms with Crippen LogP contribution in [-0.4, -0.2) is 11.1 Å². The lowest BCUT2D eigenvalue weighted by Crippen LogP contribution is -1.97. The zero-order valence-corrected chi connectivity index (χ0v) is 11.4. The summed E-state index contributed by atoms with van der Waals surface area (Å²) in [6.45, 7) is 1.93. The predicted octanol–water partition coefficient (Wildman–Crippen LogP) is 4.20. The van der Waals surface area contributed by atoms with E-state index in [1.54, 1.807) is 12.1 Å². The van der Waals surface area contributed by atoms with E-state index in [1.807, 2.05) is 43.3 Å². The van der Waals surface area contributed by atoms with Gasteiger partial charge in [-0.1, -0.05) is 36.4 Å². The Hall–Kier alpha value is -1.51. The summed E-state index contributed by atoms with van der Waals surface area (Å²) in [6, 6.07) is 15.1. The zero-order chi connectivity index (χ0) is 11.5. The molecule has 2 rings (SSSR count). The van der Waals surface area contributed by atoms with Crippen LogP contribution in [0.3, 0.4) is 0 Å². The lowest BCUT2D eigenvalue weighted by atomic mass is 9.98. The molecule has 0 bridgehead atoms. The molecule has 2 nitrogen and oxygen atoms in total.